The van der Waals surface area contributed by atoms with E-state index in [1.54, 1.807) is 0 Å². The summed E-state index contributed by atoms with van der Waals surface area (Å²) >= 11 is 0. The van der Waals surface area contributed by atoms with Gasteiger partial charge in [0.15, 0.2) is 0 Å². The smallest absolute Gasteiger partial charge is 0.328 e. The first kappa shape index (κ1) is 20.7. The van der Waals surface area contributed by atoms with Crippen molar-refractivity contribution >= 4 is 23.6 Å². The van der Waals surface area contributed by atoms with Crippen molar-refractivity contribution in [3.8, 4) is 6.07 Å². The van der Waals surface area contributed by atoms with Gasteiger partial charge in [0, 0.05) is 26.2 Å². The lowest BCUT2D eigenvalue weighted by atomic mass is 10.0. The maximum Gasteiger partial charge on any atom is 0.328 e. The molecule has 1 unspecified atom stereocenters. The molecule has 0 saturated heterocycles. The van der Waals surface area contributed by atoms with Crippen LogP contribution in [0.25, 0.3) is 6.08 Å². The number of benzene rings is 2. The Morgan fingerprint density at radius 3 is 2.32 bits per heavy atom. The molecule has 28 heavy (non-hydrogen) atoms. The minimum Gasteiger partial charge on any atom is -0.467 e. The van der Waals surface area contributed by atoms with E-state index in [9.17, 15) is 14.9 Å². The van der Waals surface area contributed by atoms with Crippen LogP contribution in [-0.4, -0.2) is 39.1 Å². The van der Waals surface area contributed by atoms with E-state index in [-0.39, 0.29) is 12.0 Å². The third-order valence-corrected chi connectivity index (χ3v) is 4.16. The number of rotatable bonds is 7. The topological polar surface area (TPSA) is 82.4 Å². The maximum atomic E-state index is 12.6. The number of carbonyl (C=O) groups excluding carboxylic acids is 2. The van der Waals surface area contributed by atoms with Gasteiger partial charge in [-0.2, -0.15) is 5.26 Å². The molecule has 0 aromatic heterocycles. The highest BCUT2D eigenvalue weighted by Gasteiger charge is 2.23. The van der Waals surface area contributed by atoms with Gasteiger partial charge in [0.1, 0.15) is 17.7 Å². The Labute approximate surface area is 165 Å². The number of carbonyl (C=O) groups is 2. The zero-order valence-electron chi connectivity index (χ0n) is 16.2. The van der Waals surface area contributed by atoms with E-state index in [4.69, 9.17) is 4.74 Å². The summed E-state index contributed by atoms with van der Waals surface area (Å²) < 4.78 is 4.79. The van der Waals surface area contributed by atoms with E-state index in [0.29, 0.717) is 0 Å². The summed E-state index contributed by atoms with van der Waals surface area (Å²) in [7, 11) is 5.12. The summed E-state index contributed by atoms with van der Waals surface area (Å²) in [6, 6.07) is 17.7. The summed E-state index contributed by atoms with van der Waals surface area (Å²) in [6.45, 7) is 0. The first-order chi connectivity index (χ1) is 13.4. The summed E-state index contributed by atoms with van der Waals surface area (Å²) in [4.78, 5) is 26.6. The summed E-state index contributed by atoms with van der Waals surface area (Å²) in [5.74, 6) is -1.18. The van der Waals surface area contributed by atoms with Crippen molar-refractivity contribution < 1.29 is 14.3 Å². The van der Waals surface area contributed by atoms with E-state index >= 15 is 0 Å². The van der Waals surface area contributed by atoms with Gasteiger partial charge >= 0.3 is 5.97 Å². The van der Waals surface area contributed by atoms with Gasteiger partial charge in [-0.1, -0.05) is 42.5 Å². The second kappa shape index (κ2) is 9.93. The van der Waals surface area contributed by atoms with Gasteiger partial charge < -0.3 is 15.0 Å². The third-order valence-electron chi connectivity index (χ3n) is 4.16. The van der Waals surface area contributed by atoms with Crippen LogP contribution in [0.4, 0.5) is 5.69 Å². The molecule has 0 fully saturated rings. The molecule has 2 aromatic rings. The third kappa shape index (κ3) is 5.71. The fourth-order valence-electron chi connectivity index (χ4n) is 2.61. The SMILES string of the molecule is COC(=O)C(Cc1ccccc1)NC(=O)/C(C#N)=C\c1ccc(N(C)C)cc1. The lowest BCUT2D eigenvalue weighted by Crippen LogP contribution is -2.43. The monoisotopic (exact) mass is 377 g/mol. The number of nitrogens with zero attached hydrogens (tertiary/aromatic N) is 2. The van der Waals surface area contributed by atoms with Crippen molar-refractivity contribution in [3.63, 3.8) is 0 Å². The molecule has 6 heteroatoms. The molecule has 6 nitrogen and oxygen atoms in total. The van der Waals surface area contributed by atoms with Gasteiger partial charge in [-0.25, -0.2) is 4.79 Å². The molecule has 0 spiro atoms. The molecule has 1 atom stereocenters. The van der Waals surface area contributed by atoms with Gasteiger partial charge in [0.2, 0.25) is 0 Å². The number of hydrogen-bond donors (Lipinski definition) is 1. The Morgan fingerprint density at radius 2 is 1.79 bits per heavy atom. The molecule has 0 bridgehead atoms. The van der Waals surface area contributed by atoms with Gasteiger partial charge in [-0.05, 0) is 29.3 Å². The van der Waals surface area contributed by atoms with E-state index in [1.165, 1.54) is 13.2 Å². The van der Waals surface area contributed by atoms with Crippen LogP contribution in [0.5, 0.6) is 0 Å². The molecular weight excluding hydrogens is 354 g/mol. The normalized spacial score (nSPS) is 11.9. The molecule has 0 radical (unpaired) electrons. The number of methoxy groups -OCH3 is 1. The van der Waals surface area contributed by atoms with Crippen molar-refractivity contribution in [2.75, 3.05) is 26.1 Å². The van der Waals surface area contributed by atoms with Crippen LogP contribution < -0.4 is 10.2 Å². The van der Waals surface area contributed by atoms with Crippen LogP contribution in [0.2, 0.25) is 0 Å². The summed E-state index contributed by atoms with van der Waals surface area (Å²) in [6.07, 6.45) is 1.77. The maximum absolute atomic E-state index is 12.6. The van der Waals surface area contributed by atoms with Crippen molar-refractivity contribution in [1.29, 1.82) is 5.26 Å². The van der Waals surface area contributed by atoms with Crippen molar-refractivity contribution in [3.05, 3.63) is 71.3 Å². The van der Waals surface area contributed by atoms with Crippen molar-refractivity contribution in [1.82, 2.24) is 5.32 Å². The number of hydrogen-bond acceptors (Lipinski definition) is 5. The molecule has 144 valence electrons. The van der Waals surface area contributed by atoms with Crippen LogP contribution in [0, 0.1) is 11.3 Å². The average molecular weight is 377 g/mol. The van der Waals surface area contributed by atoms with Gasteiger partial charge in [-0.15, -0.1) is 0 Å². The second-order valence-electron chi connectivity index (χ2n) is 6.39. The predicted octanol–water partition coefficient (Wildman–Crippen LogP) is 2.56. The molecule has 0 aliphatic carbocycles. The van der Waals surface area contributed by atoms with Crippen LogP contribution in [0.3, 0.4) is 0 Å². The lowest BCUT2D eigenvalue weighted by Gasteiger charge is -2.16. The highest BCUT2D eigenvalue weighted by Crippen LogP contribution is 2.15. The number of esters is 1. The lowest BCUT2D eigenvalue weighted by molar-refractivity contribution is -0.144. The molecular formula is C22H23N3O3. The first-order valence-electron chi connectivity index (χ1n) is 8.76. The molecule has 2 aromatic carbocycles. The summed E-state index contributed by atoms with van der Waals surface area (Å²) in [5.41, 5.74) is 2.52. The van der Waals surface area contributed by atoms with E-state index in [1.807, 2.05) is 79.7 Å². The van der Waals surface area contributed by atoms with Crippen LogP contribution >= 0.6 is 0 Å². The Morgan fingerprint density at radius 1 is 1.14 bits per heavy atom. The largest absolute Gasteiger partial charge is 0.467 e. The first-order valence-corrected chi connectivity index (χ1v) is 8.76. The number of anilines is 1. The van der Waals surface area contributed by atoms with Crippen LogP contribution in [0.1, 0.15) is 11.1 Å². The van der Waals surface area contributed by atoms with E-state index in [0.717, 1.165) is 16.8 Å². The van der Waals surface area contributed by atoms with E-state index < -0.39 is 17.9 Å². The zero-order chi connectivity index (χ0) is 20.5. The zero-order valence-corrected chi connectivity index (χ0v) is 16.2. The van der Waals surface area contributed by atoms with Gasteiger partial charge in [0.25, 0.3) is 5.91 Å². The Balaban J connectivity index is 2.17. The standard InChI is InChI=1S/C22H23N3O3/c1-25(2)19-11-9-17(10-12-19)13-18(15-23)21(26)24-20(22(27)28-3)14-16-7-5-4-6-8-16/h4-13,20H,14H2,1-3H3,(H,24,26)/b18-13-. The second-order valence-corrected chi connectivity index (χ2v) is 6.39. The molecule has 2 rings (SSSR count). The molecule has 0 aliphatic rings. The van der Waals surface area contributed by atoms with Crippen LogP contribution in [0.15, 0.2) is 60.2 Å². The molecule has 0 heterocycles. The minimum absolute atomic E-state index is 0.0837. The van der Waals surface area contributed by atoms with Gasteiger partial charge in [-0.3, -0.25) is 4.79 Å². The van der Waals surface area contributed by atoms with Gasteiger partial charge in [0.05, 0.1) is 7.11 Å². The Bertz CT molecular complexity index is 881. The predicted molar refractivity (Wildman–Crippen MR) is 108 cm³/mol. The Kier molecular flexibility index (Phi) is 7.35. The van der Waals surface area contributed by atoms with Crippen LogP contribution in [-0.2, 0) is 20.7 Å². The Hall–Kier alpha value is -3.59. The average Bonchev–Trinajstić information content (AvgIpc) is 2.71. The van der Waals surface area contributed by atoms with E-state index in [2.05, 4.69) is 5.32 Å². The fourth-order valence-corrected chi connectivity index (χ4v) is 2.61. The molecule has 0 aliphatic heterocycles. The molecule has 1 N–H and O–H groups in total. The summed E-state index contributed by atoms with van der Waals surface area (Å²) in [5, 5.41) is 12.0. The van der Waals surface area contributed by atoms with Crippen molar-refractivity contribution in [2.45, 2.75) is 12.5 Å². The quantitative estimate of drug-likeness (QED) is 0.456. The molecule has 0 saturated carbocycles. The molecule has 1 amide bonds. The highest BCUT2D eigenvalue weighted by atomic mass is 16.5. The fraction of sp³-hybridized carbons (Fsp3) is 0.227. The highest BCUT2D eigenvalue weighted by molar-refractivity contribution is 6.03. The number of nitrogens with one attached hydrogen (secondary N) is 1. The number of amides is 1. The van der Waals surface area contributed by atoms with Crippen molar-refractivity contribution in [2.24, 2.45) is 0 Å². The number of ether oxygens (including phenoxy) is 1. The minimum atomic E-state index is -0.882. The number of nitriles is 1.